The molecule has 1 aromatic rings. The standard InChI is InChI=1S/C10H11NO4S/c11-9-3-1-2-7-8(9)4-6(5-10(7)12)16(13,14)15/h1-4,10,12H,5,11H2,(H,13,14,15). The van der Waals surface area contributed by atoms with Gasteiger partial charge < -0.3 is 10.8 Å². The van der Waals surface area contributed by atoms with Crippen LogP contribution in [0.25, 0.3) is 6.08 Å². The first-order valence-electron chi connectivity index (χ1n) is 4.64. The Kier molecular flexibility index (Phi) is 2.49. The van der Waals surface area contributed by atoms with Gasteiger partial charge in [0.1, 0.15) is 0 Å². The Balaban J connectivity index is 2.65. The van der Waals surface area contributed by atoms with Crippen LogP contribution in [0.15, 0.2) is 23.1 Å². The number of hydrogen-bond acceptors (Lipinski definition) is 4. The van der Waals surface area contributed by atoms with Crippen molar-refractivity contribution in [3.8, 4) is 0 Å². The predicted octanol–water partition coefficient (Wildman–Crippen LogP) is 0.935. The molecule has 0 radical (unpaired) electrons. The Labute approximate surface area is 93.0 Å². The molecule has 86 valence electrons. The second kappa shape index (κ2) is 3.58. The Bertz CT molecular complexity index is 562. The molecular formula is C10H11NO4S. The van der Waals surface area contributed by atoms with Crippen LogP contribution >= 0.6 is 0 Å². The van der Waals surface area contributed by atoms with E-state index in [4.69, 9.17) is 10.3 Å². The van der Waals surface area contributed by atoms with E-state index in [2.05, 4.69) is 0 Å². The van der Waals surface area contributed by atoms with Crippen molar-refractivity contribution in [1.29, 1.82) is 0 Å². The van der Waals surface area contributed by atoms with Gasteiger partial charge in [0.15, 0.2) is 0 Å². The van der Waals surface area contributed by atoms with Gasteiger partial charge in [-0.25, -0.2) is 0 Å². The highest BCUT2D eigenvalue weighted by molar-refractivity contribution is 7.90. The zero-order valence-electron chi connectivity index (χ0n) is 8.29. The number of rotatable bonds is 1. The number of aliphatic hydroxyl groups is 1. The van der Waals surface area contributed by atoms with E-state index in [1.807, 2.05) is 0 Å². The Morgan fingerprint density at radius 2 is 2.06 bits per heavy atom. The average Bonchev–Trinajstić information content (AvgIpc) is 2.18. The maximum Gasteiger partial charge on any atom is 0.290 e. The highest BCUT2D eigenvalue weighted by Crippen LogP contribution is 2.36. The van der Waals surface area contributed by atoms with Crippen molar-refractivity contribution in [1.82, 2.24) is 0 Å². The first kappa shape index (κ1) is 11.1. The quantitative estimate of drug-likeness (QED) is 0.501. The lowest BCUT2D eigenvalue weighted by atomic mass is 9.93. The molecule has 16 heavy (non-hydrogen) atoms. The molecule has 0 amide bonds. The molecule has 0 aromatic heterocycles. The number of nitrogens with two attached hydrogens (primary N) is 1. The molecule has 1 aromatic carbocycles. The highest BCUT2D eigenvalue weighted by Gasteiger charge is 2.26. The summed E-state index contributed by atoms with van der Waals surface area (Å²) < 4.78 is 30.9. The second-order valence-corrected chi connectivity index (χ2v) is 5.13. The minimum absolute atomic E-state index is 0.130. The summed E-state index contributed by atoms with van der Waals surface area (Å²) in [7, 11) is -4.27. The van der Waals surface area contributed by atoms with Gasteiger partial charge in [0.25, 0.3) is 10.1 Å². The Morgan fingerprint density at radius 1 is 1.38 bits per heavy atom. The lowest BCUT2D eigenvalue weighted by molar-refractivity contribution is 0.178. The normalized spacial score (nSPS) is 20.1. The fourth-order valence-corrected chi connectivity index (χ4v) is 2.39. The molecule has 6 heteroatoms. The summed E-state index contributed by atoms with van der Waals surface area (Å²) in [5, 5.41) is 9.75. The third kappa shape index (κ3) is 1.82. The fourth-order valence-electron chi connectivity index (χ4n) is 1.76. The van der Waals surface area contributed by atoms with E-state index in [0.29, 0.717) is 16.8 Å². The van der Waals surface area contributed by atoms with Gasteiger partial charge in [-0.05, 0) is 17.7 Å². The SMILES string of the molecule is Nc1cccc2c1C=C(S(=O)(=O)O)CC2O. The van der Waals surface area contributed by atoms with E-state index in [1.54, 1.807) is 18.2 Å². The van der Waals surface area contributed by atoms with Crippen LogP contribution in [0.5, 0.6) is 0 Å². The molecule has 1 unspecified atom stereocenters. The summed E-state index contributed by atoms with van der Waals surface area (Å²) in [6.45, 7) is 0. The molecule has 1 aliphatic carbocycles. The Morgan fingerprint density at radius 3 is 2.69 bits per heavy atom. The molecule has 0 aliphatic heterocycles. The van der Waals surface area contributed by atoms with Crippen molar-refractivity contribution in [3.05, 3.63) is 34.2 Å². The number of nitrogen functional groups attached to an aromatic ring is 1. The lowest BCUT2D eigenvalue weighted by Gasteiger charge is -2.21. The van der Waals surface area contributed by atoms with Crippen LogP contribution in [0.3, 0.4) is 0 Å². The van der Waals surface area contributed by atoms with Crippen molar-refractivity contribution in [3.63, 3.8) is 0 Å². The van der Waals surface area contributed by atoms with E-state index >= 15 is 0 Å². The minimum atomic E-state index is -4.27. The summed E-state index contributed by atoms with van der Waals surface area (Å²) in [6, 6.07) is 4.96. The largest absolute Gasteiger partial charge is 0.398 e. The number of anilines is 1. The average molecular weight is 241 g/mol. The Hall–Kier alpha value is -1.37. The van der Waals surface area contributed by atoms with Gasteiger partial charge >= 0.3 is 0 Å². The smallest absolute Gasteiger partial charge is 0.290 e. The van der Waals surface area contributed by atoms with Gasteiger partial charge in [-0.15, -0.1) is 0 Å². The summed E-state index contributed by atoms with van der Waals surface area (Å²) in [4.78, 5) is -0.217. The highest BCUT2D eigenvalue weighted by atomic mass is 32.2. The summed E-state index contributed by atoms with van der Waals surface area (Å²) in [6.07, 6.45) is 0.211. The van der Waals surface area contributed by atoms with E-state index < -0.39 is 16.2 Å². The van der Waals surface area contributed by atoms with Crippen LogP contribution in [0.4, 0.5) is 5.69 Å². The molecule has 0 spiro atoms. The molecule has 0 saturated carbocycles. The summed E-state index contributed by atoms with van der Waals surface area (Å²) >= 11 is 0. The maximum absolute atomic E-state index is 11.0. The van der Waals surface area contributed by atoms with Crippen LogP contribution in [0.2, 0.25) is 0 Å². The van der Waals surface area contributed by atoms with Gasteiger partial charge in [0, 0.05) is 17.7 Å². The topological polar surface area (TPSA) is 101 Å². The molecule has 1 aliphatic rings. The van der Waals surface area contributed by atoms with Crippen LogP contribution in [-0.4, -0.2) is 18.1 Å². The van der Waals surface area contributed by atoms with Crippen molar-refractivity contribution in [2.45, 2.75) is 12.5 Å². The van der Waals surface area contributed by atoms with E-state index in [0.717, 1.165) is 0 Å². The summed E-state index contributed by atoms with van der Waals surface area (Å²) in [5.74, 6) is 0. The molecule has 0 saturated heterocycles. The van der Waals surface area contributed by atoms with Gasteiger partial charge in [-0.2, -0.15) is 8.42 Å². The monoisotopic (exact) mass is 241 g/mol. The van der Waals surface area contributed by atoms with Crippen LogP contribution in [0, 0.1) is 0 Å². The zero-order valence-corrected chi connectivity index (χ0v) is 9.11. The molecule has 1 atom stereocenters. The van der Waals surface area contributed by atoms with Crippen molar-refractivity contribution in [2.24, 2.45) is 0 Å². The van der Waals surface area contributed by atoms with Crippen molar-refractivity contribution in [2.75, 3.05) is 5.73 Å². The van der Waals surface area contributed by atoms with Crippen molar-refractivity contribution < 1.29 is 18.1 Å². The van der Waals surface area contributed by atoms with Crippen LogP contribution in [0.1, 0.15) is 23.7 Å². The molecule has 5 nitrogen and oxygen atoms in total. The maximum atomic E-state index is 11.0. The van der Waals surface area contributed by atoms with E-state index in [-0.39, 0.29) is 11.3 Å². The zero-order chi connectivity index (χ0) is 11.9. The second-order valence-electron chi connectivity index (χ2n) is 3.66. The lowest BCUT2D eigenvalue weighted by Crippen LogP contribution is -2.13. The molecule has 4 N–H and O–H groups in total. The third-order valence-corrected chi connectivity index (χ3v) is 3.51. The van der Waals surface area contributed by atoms with Gasteiger partial charge in [0.2, 0.25) is 0 Å². The van der Waals surface area contributed by atoms with Crippen LogP contribution < -0.4 is 5.73 Å². The fraction of sp³-hybridized carbons (Fsp3) is 0.200. The number of fused-ring (bicyclic) bond motifs is 1. The number of aliphatic hydroxyl groups excluding tert-OH is 1. The number of benzene rings is 1. The first-order chi connectivity index (χ1) is 7.39. The predicted molar refractivity (Wildman–Crippen MR) is 60.0 cm³/mol. The van der Waals surface area contributed by atoms with Gasteiger partial charge in [0.05, 0.1) is 11.0 Å². The molecule has 2 rings (SSSR count). The third-order valence-electron chi connectivity index (χ3n) is 2.56. The van der Waals surface area contributed by atoms with E-state index in [1.165, 1.54) is 6.08 Å². The van der Waals surface area contributed by atoms with Crippen LogP contribution in [-0.2, 0) is 10.1 Å². The molecule has 0 fully saturated rings. The van der Waals surface area contributed by atoms with Gasteiger partial charge in [-0.1, -0.05) is 12.1 Å². The molecule has 0 heterocycles. The minimum Gasteiger partial charge on any atom is -0.398 e. The molecular weight excluding hydrogens is 230 g/mol. The van der Waals surface area contributed by atoms with Gasteiger partial charge in [-0.3, -0.25) is 4.55 Å². The van der Waals surface area contributed by atoms with Crippen molar-refractivity contribution >= 4 is 21.9 Å². The van der Waals surface area contributed by atoms with E-state index in [9.17, 15) is 13.5 Å². The number of hydrogen-bond donors (Lipinski definition) is 3. The molecule has 0 bridgehead atoms. The summed E-state index contributed by atoms with van der Waals surface area (Å²) in [5.41, 5.74) is 7.08. The first-order valence-corrected chi connectivity index (χ1v) is 6.08.